The van der Waals surface area contributed by atoms with Gasteiger partial charge in [-0.15, -0.1) is 10.2 Å². The molecular formula is C21H23ClN4O2S. The number of carbonyl (C=O) groups excluding carboxylic acids is 1. The minimum atomic E-state index is -0.339. The summed E-state index contributed by atoms with van der Waals surface area (Å²) in [7, 11) is 1.86. The molecule has 0 aliphatic rings. The second-order valence-electron chi connectivity index (χ2n) is 6.58. The summed E-state index contributed by atoms with van der Waals surface area (Å²) in [5.74, 6) is 1.44. The van der Waals surface area contributed by atoms with Crippen molar-refractivity contribution in [3.05, 3.63) is 71.0 Å². The maximum absolute atomic E-state index is 12.3. The second-order valence-corrected chi connectivity index (χ2v) is 7.93. The monoisotopic (exact) mass is 430 g/mol. The SMILES string of the molecule is C[C@H](Oc1ccccc1Cl)c1nnc(SCC(=O)N[C@H](C)c2ccccc2)n1C. The molecule has 1 N–H and O–H groups in total. The molecule has 1 amide bonds. The van der Waals surface area contributed by atoms with Gasteiger partial charge in [0.05, 0.1) is 16.8 Å². The predicted octanol–water partition coefficient (Wildman–Crippen LogP) is 4.58. The molecule has 0 aliphatic heterocycles. The Labute approximate surface area is 179 Å². The van der Waals surface area contributed by atoms with E-state index >= 15 is 0 Å². The van der Waals surface area contributed by atoms with Crippen LogP contribution in [0.2, 0.25) is 5.02 Å². The molecule has 0 aliphatic carbocycles. The van der Waals surface area contributed by atoms with Crippen molar-refractivity contribution in [2.75, 3.05) is 5.75 Å². The predicted molar refractivity (Wildman–Crippen MR) is 115 cm³/mol. The van der Waals surface area contributed by atoms with Crippen LogP contribution >= 0.6 is 23.4 Å². The van der Waals surface area contributed by atoms with Crippen molar-refractivity contribution in [1.82, 2.24) is 20.1 Å². The number of hydrogen-bond acceptors (Lipinski definition) is 5. The van der Waals surface area contributed by atoms with Crippen LogP contribution in [-0.2, 0) is 11.8 Å². The van der Waals surface area contributed by atoms with Crippen LogP contribution in [0, 0.1) is 0 Å². The van der Waals surface area contributed by atoms with E-state index in [-0.39, 0.29) is 23.8 Å². The van der Waals surface area contributed by atoms with Gasteiger partial charge in [-0.25, -0.2) is 0 Å². The first kappa shape index (κ1) is 21.2. The van der Waals surface area contributed by atoms with Crippen molar-refractivity contribution >= 4 is 29.3 Å². The van der Waals surface area contributed by atoms with Crippen LogP contribution in [0.5, 0.6) is 5.75 Å². The van der Waals surface area contributed by atoms with E-state index in [0.29, 0.717) is 21.8 Å². The summed E-state index contributed by atoms with van der Waals surface area (Å²) in [6.45, 7) is 3.85. The average molecular weight is 431 g/mol. The molecule has 8 heteroatoms. The largest absolute Gasteiger partial charge is 0.481 e. The Morgan fingerprint density at radius 1 is 1.14 bits per heavy atom. The van der Waals surface area contributed by atoms with Crippen LogP contribution in [0.15, 0.2) is 59.8 Å². The molecule has 3 rings (SSSR count). The van der Waals surface area contributed by atoms with Crippen molar-refractivity contribution in [3.8, 4) is 5.75 Å². The van der Waals surface area contributed by atoms with Crippen LogP contribution in [0.4, 0.5) is 0 Å². The number of halogens is 1. The number of nitrogens with zero attached hydrogens (tertiary/aromatic N) is 3. The Morgan fingerprint density at radius 2 is 1.83 bits per heavy atom. The highest BCUT2D eigenvalue weighted by molar-refractivity contribution is 7.99. The third kappa shape index (κ3) is 5.52. The van der Waals surface area contributed by atoms with E-state index in [1.54, 1.807) is 6.07 Å². The van der Waals surface area contributed by atoms with E-state index in [2.05, 4.69) is 15.5 Å². The van der Waals surface area contributed by atoms with Crippen LogP contribution in [-0.4, -0.2) is 26.4 Å². The van der Waals surface area contributed by atoms with Crippen molar-refractivity contribution in [3.63, 3.8) is 0 Å². The number of rotatable bonds is 8. The maximum Gasteiger partial charge on any atom is 0.230 e. The minimum absolute atomic E-state index is 0.0524. The van der Waals surface area contributed by atoms with Gasteiger partial charge in [-0.2, -0.15) is 0 Å². The highest BCUT2D eigenvalue weighted by atomic mass is 35.5. The summed E-state index contributed by atoms with van der Waals surface area (Å²) >= 11 is 7.49. The van der Waals surface area contributed by atoms with E-state index in [1.807, 2.05) is 74.0 Å². The van der Waals surface area contributed by atoms with Crippen LogP contribution in [0.1, 0.15) is 37.4 Å². The number of aromatic nitrogens is 3. The summed E-state index contributed by atoms with van der Waals surface area (Å²) in [6.07, 6.45) is -0.339. The minimum Gasteiger partial charge on any atom is -0.481 e. The molecule has 6 nitrogen and oxygen atoms in total. The lowest BCUT2D eigenvalue weighted by molar-refractivity contribution is -0.119. The molecule has 0 bridgehead atoms. The fourth-order valence-electron chi connectivity index (χ4n) is 2.83. The molecule has 0 saturated heterocycles. The third-order valence-electron chi connectivity index (χ3n) is 4.38. The number of para-hydroxylation sites is 1. The molecule has 0 radical (unpaired) electrons. The number of hydrogen-bond donors (Lipinski definition) is 1. The Hall–Kier alpha value is -2.51. The summed E-state index contributed by atoms with van der Waals surface area (Å²) in [6, 6.07) is 17.1. The van der Waals surface area contributed by atoms with Gasteiger partial charge in [-0.05, 0) is 31.5 Å². The summed E-state index contributed by atoms with van der Waals surface area (Å²) < 4.78 is 7.74. The van der Waals surface area contributed by atoms with Gasteiger partial charge in [0.25, 0.3) is 0 Å². The zero-order chi connectivity index (χ0) is 20.8. The van der Waals surface area contributed by atoms with E-state index in [0.717, 1.165) is 5.56 Å². The molecule has 2 atom stereocenters. The first-order valence-electron chi connectivity index (χ1n) is 9.23. The smallest absolute Gasteiger partial charge is 0.230 e. The van der Waals surface area contributed by atoms with Gasteiger partial charge < -0.3 is 14.6 Å². The molecule has 29 heavy (non-hydrogen) atoms. The standard InChI is InChI=1S/C21H23ClN4O2S/c1-14(16-9-5-4-6-10-16)23-19(27)13-29-21-25-24-20(26(21)3)15(2)28-18-12-8-7-11-17(18)22/h4-12,14-15H,13H2,1-3H3,(H,23,27)/t14-,15+/m1/s1. The summed E-state index contributed by atoms with van der Waals surface area (Å²) in [5.41, 5.74) is 1.07. The highest BCUT2D eigenvalue weighted by Gasteiger charge is 2.19. The van der Waals surface area contributed by atoms with Gasteiger partial charge in [-0.1, -0.05) is 65.8 Å². The lowest BCUT2D eigenvalue weighted by Crippen LogP contribution is -2.28. The van der Waals surface area contributed by atoms with E-state index in [4.69, 9.17) is 16.3 Å². The number of benzene rings is 2. The topological polar surface area (TPSA) is 69.0 Å². The molecule has 0 fully saturated rings. The first-order valence-corrected chi connectivity index (χ1v) is 10.6. The van der Waals surface area contributed by atoms with Gasteiger partial charge >= 0.3 is 0 Å². The second kappa shape index (κ2) is 9.80. The molecule has 3 aromatic rings. The number of carbonyl (C=O) groups is 1. The normalized spacial score (nSPS) is 13.0. The zero-order valence-electron chi connectivity index (χ0n) is 16.5. The molecule has 2 aromatic carbocycles. The molecule has 0 saturated carbocycles. The maximum atomic E-state index is 12.3. The Morgan fingerprint density at radius 3 is 2.55 bits per heavy atom. The van der Waals surface area contributed by atoms with Crippen LogP contribution in [0.25, 0.3) is 0 Å². The van der Waals surface area contributed by atoms with Gasteiger partial charge in [0.15, 0.2) is 17.1 Å². The molecule has 152 valence electrons. The third-order valence-corrected chi connectivity index (χ3v) is 5.71. The highest BCUT2D eigenvalue weighted by Crippen LogP contribution is 2.29. The lowest BCUT2D eigenvalue weighted by atomic mass is 10.1. The Balaban J connectivity index is 1.56. The van der Waals surface area contributed by atoms with Crippen molar-refractivity contribution in [2.24, 2.45) is 7.05 Å². The van der Waals surface area contributed by atoms with Crippen molar-refractivity contribution < 1.29 is 9.53 Å². The molecule has 1 aromatic heterocycles. The average Bonchev–Trinajstić information content (AvgIpc) is 3.09. The van der Waals surface area contributed by atoms with E-state index in [1.165, 1.54) is 11.8 Å². The quantitative estimate of drug-likeness (QED) is 0.530. The lowest BCUT2D eigenvalue weighted by Gasteiger charge is -2.15. The Kier molecular flexibility index (Phi) is 7.17. The number of amides is 1. The summed E-state index contributed by atoms with van der Waals surface area (Å²) in [5, 5.41) is 12.6. The number of thioether (sulfide) groups is 1. The van der Waals surface area contributed by atoms with Gasteiger partial charge in [0.1, 0.15) is 5.75 Å². The van der Waals surface area contributed by atoms with Crippen molar-refractivity contribution in [2.45, 2.75) is 31.1 Å². The zero-order valence-corrected chi connectivity index (χ0v) is 18.1. The number of nitrogens with one attached hydrogen (secondary N) is 1. The molecular weight excluding hydrogens is 408 g/mol. The van der Waals surface area contributed by atoms with Gasteiger partial charge in [0, 0.05) is 7.05 Å². The molecule has 0 spiro atoms. The van der Waals surface area contributed by atoms with E-state index < -0.39 is 0 Å². The molecule has 1 heterocycles. The Bertz CT molecular complexity index is 964. The van der Waals surface area contributed by atoms with Crippen molar-refractivity contribution in [1.29, 1.82) is 0 Å². The number of ether oxygens (including phenoxy) is 1. The summed E-state index contributed by atoms with van der Waals surface area (Å²) in [4.78, 5) is 12.3. The fourth-order valence-corrected chi connectivity index (χ4v) is 3.74. The van der Waals surface area contributed by atoms with Crippen LogP contribution < -0.4 is 10.1 Å². The first-order chi connectivity index (χ1) is 14.0. The van der Waals surface area contributed by atoms with Gasteiger partial charge in [-0.3, -0.25) is 4.79 Å². The van der Waals surface area contributed by atoms with Gasteiger partial charge in [0.2, 0.25) is 5.91 Å². The van der Waals surface area contributed by atoms with E-state index in [9.17, 15) is 4.79 Å². The fraction of sp³-hybridized carbons (Fsp3) is 0.286. The van der Waals surface area contributed by atoms with Crippen LogP contribution in [0.3, 0.4) is 0 Å². The molecule has 0 unspecified atom stereocenters.